The van der Waals surface area contributed by atoms with Gasteiger partial charge in [-0.25, -0.2) is 0 Å². The first-order valence-corrected chi connectivity index (χ1v) is 9.71. The number of rotatable bonds is 9. The van der Waals surface area contributed by atoms with Gasteiger partial charge >= 0.3 is 0 Å². The number of nitrogens with one attached hydrogen (secondary N) is 1. The van der Waals surface area contributed by atoms with Crippen LogP contribution in [-0.2, 0) is 13.0 Å². The average molecular weight is 341 g/mol. The molecule has 0 aliphatic carbocycles. The molecule has 1 aliphatic rings. The van der Waals surface area contributed by atoms with Crippen molar-refractivity contribution < 1.29 is 0 Å². The summed E-state index contributed by atoms with van der Waals surface area (Å²) in [6.45, 7) is 9.03. The Kier molecular flexibility index (Phi) is 6.65. The second-order valence-electron chi connectivity index (χ2n) is 7.55. The van der Waals surface area contributed by atoms with E-state index >= 15 is 0 Å². The van der Waals surface area contributed by atoms with Gasteiger partial charge < -0.3 is 5.32 Å². The maximum atomic E-state index is 4.36. The summed E-state index contributed by atoms with van der Waals surface area (Å²) >= 11 is 0. The molecule has 136 valence electrons. The van der Waals surface area contributed by atoms with Gasteiger partial charge in [0.1, 0.15) is 0 Å². The zero-order valence-corrected chi connectivity index (χ0v) is 15.6. The van der Waals surface area contributed by atoms with Crippen LogP contribution < -0.4 is 5.32 Å². The number of nitrogens with zero attached hydrogens (tertiary/aromatic N) is 3. The summed E-state index contributed by atoms with van der Waals surface area (Å²) in [5.41, 5.74) is 1.44. The lowest BCUT2D eigenvalue weighted by Crippen LogP contribution is -2.45. The standard InChI is InChI=1S/C21H32N4/c1-18(2)21(17-25-14-7-12-23-25)22-16-20-10-6-13-24(20)15-11-19-8-4-3-5-9-19/h3-5,7-9,12,14,18,20-22H,6,10-11,13,15-17H2,1-2H3/t20-,21+/m1/s1. The molecule has 2 aromatic rings. The van der Waals surface area contributed by atoms with E-state index in [1.165, 1.54) is 31.5 Å². The van der Waals surface area contributed by atoms with Gasteiger partial charge in [0.25, 0.3) is 0 Å². The Hall–Kier alpha value is -1.65. The molecule has 4 nitrogen and oxygen atoms in total. The summed E-state index contributed by atoms with van der Waals surface area (Å²) < 4.78 is 2.04. The van der Waals surface area contributed by atoms with Crippen molar-refractivity contribution in [3.63, 3.8) is 0 Å². The van der Waals surface area contributed by atoms with E-state index in [0.29, 0.717) is 18.0 Å². The molecule has 1 N–H and O–H groups in total. The normalized spacial score (nSPS) is 19.6. The molecule has 0 unspecified atom stereocenters. The molecule has 0 radical (unpaired) electrons. The highest BCUT2D eigenvalue weighted by molar-refractivity contribution is 5.15. The summed E-state index contributed by atoms with van der Waals surface area (Å²) in [6, 6.07) is 14.0. The molecule has 1 aromatic heterocycles. The minimum absolute atomic E-state index is 0.469. The number of benzene rings is 1. The minimum atomic E-state index is 0.469. The highest BCUT2D eigenvalue weighted by Crippen LogP contribution is 2.18. The quantitative estimate of drug-likeness (QED) is 0.761. The van der Waals surface area contributed by atoms with Crippen LogP contribution in [-0.4, -0.2) is 46.4 Å². The summed E-state index contributed by atoms with van der Waals surface area (Å²) in [7, 11) is 0. The first-order chi connectivity index (χ1) is 12.2. The van der Waals surface area contributed by atoms with Crippen molar-refractivity contribution in [3.05, 3.63) is 54.4 Å². The average Bonchev–Trinajstić information content (AvgIpc) is 3.29. The lowest BCUT2D eigenvalue weighted by Gasteiger charge is -2.29. The molecule has 2 heterocycles. The third kappa shape index (κ3) is 5.41. The number of hydrogen-bond donors (Lipinski definition) is 1. The Balaban J connectivity index is 1.48. The monoisotopic (exact) mass is 340 g/mol. The molecule has 0 saturated carbocycles. The summed E-state index contributed by atoms with van der Waals surface area (Å²) in [5, 5.41) is 8.19. The molecule has 1 fully saturated rings. The molecule has 0 bridgehead atoms. The van der Waals surface area contributed by atoms with Gasteiger partial charge in [0, 0.05) is 37.6 Å². The second-order valence-corrected chi connectivity index (χ2v) is 7.55. The lowest BCUT2D eigenvalue weighted by molar-refractivity contribution is 0.231. The first-order valence-electron chi connectivity index (χ1n) is 9.71. The van der Waals surface area contributed by atoms with E-state index in [-0.39, 0.29) is 0 Å². The predicted molar refractivity (Wildman–Crippen MR) is 104 cm³/mol. The molecule has 3 rings (SSSR count). The largest absolute Gasteiger partial charge is 0.310 e. The van der Waals surface area contributed by atoms with Crippen LogP contribution in [0.4, 0.5) is 0 Å². The SMILES string of the molecule is CC(C)[C@H](Cn1cccn1)NC[C@H]1CCCN1CCc1ccccc1. The number of likely N-dealkylation sites (tertiary alicyclic amines) is 1. The molecule has 1 aliphatic heterocycles. The topological polar surface area (TPSA) is 33.1 Å². The van der Waals surface area contributed by atoms with Crippen LogP contribution in [0.15, 0.2) is 48.8 Å². The smallest absolute Gasteiger partial charge is 0.0565 e. The van der Waals surface area contributed by atoms with Crippen molar-refractivity contribution in [2.24, 2.45) is 5.92 Å². The van der Waals surface area contributed by atoms with Gasteiger partial charge in [-0.05, 0) is 43.4 Å². The molecule has 4 heteroatoms. The lowest BCUT2D eigenvalue weighted by atomic mass is 10.0. The highest BCUT2D eigenvalue weighted by atomic mass is 15.3. The Morgan fingerprint density at radius 3 is 2.76 bits per heavy atom. The van der Waals surface area contributed by atoms with Crippen LogP contribution >= 0.6 is 0 Å². The van der Waals surface area contributed by atoms with Crippen molar-refractivity contribution in [2.45, 2.75) is 51.7 Å². The predicted octanol–water partition coefficient (Wildman–Crippen LogP) is 3.20. The maximum Gasteiger partial charge on any atom is 0.0565 e. The Morgan fingerprint density at radius 2 is 2.04 bits per heavy atom. The molecular formula is C21H32N4. The zero-order chi connectivity index (χ0) is 17.5. The van der Waals surface area contributed by atoms with Crippen molar-refractivity contribution in [1.29, 1.82) is 0 Å². The molecular weight excluding hydrogens is 308 g/mol. The van der Waals surface area contributed by atoms with Crippen LogP contribution in [0.5, 0.6) is 0 Å². The van der Waals surface area contributed by atoms with Crippen LogP contribution in [0.1, 0.15) is 32.3 Å². The van der Waals surface area contributed by atoms with Gasteiger partial charge in [-0.3, -0.25) is 9.58 Å². The highest BCUT2D eigenvalue weighted by Gasteiger charge is 2.25. The zero-order valence-electron chi connectivity index (χ0n) is 15.6. The van der Waals surface area contributed by atoms with Gasteiger partial charge in [-0.15, -0.1) is 0 Å². The fourth-order valence-corrected chi connectivity index (χ4v) is 3.75. The van der Waals surface area contributed by atoms with Crippen molar-refractivity contribution in [1.82, 2.24) is 20.0 Å². The van der Waals surface area contributed by atoms with E-state index in [4.69, 9.17) is 0 Å². The van der Waals surface area contributed by atoms with Crippen LogP contribution in [0, 0.1) is 5.92 Å². The van der Waals surface area contributed by atoms with Gasteiger partial charge in [0.05, 0.1) is 6.54 Å². The summed E-state index contributed by atoms with van der Waals surface area (Å²) in [4.78, 5) is 2.67. The molecule has 0 amide bonds. The number of aromatic nitrogens is 2. The van der Waals surface area contributed by atoms with Crippen molar-refractivity contribution in [3.8, 4) is 0 Å². The molecule has 0 spiro atoms. The molecule has 1 aromatic carbocycles. The van der Waals surface area contributed by atoms with E-state index < -0.39 is 0 Å². The van der Waals surface area contributed by atoms with Crippen LogP contribution in [0.3, 0.4) is 0 Å². The van der Waals surface area contributed by atoms with E-state index in [2.05, 4.69) is 65.7 Å². The van der Waals surface area contributed by atoms with E-state index in [1.54, 1.807) is 0 Å². The van der Waals surface area contributed by atoms with E-state index in [9.17, 15) is 0 Å². The Bertz CT molecular complexity index is 594. The first kappa shape index (κ1) is 18.2. The molecule has 25 heavy (non-hydrogen) atoms. The summed E-state index contributed by atoms with van der Waals surface area (Å²) in [5.74, 6) is 0.600. The Labute approximate surface area is 152 Å². The van der Waals surface area contributed by atoms with Crippen LogP contribution in [0.2, 0.25) is 0 Å². The molecule has 2 atom stereocenters. The third-order valence-corrected chi connectivity index (χ3v) is 5.39. The van der Waals surface area contributed by atoms with Gasteiger partial charge in [-0.1, -0.05) is 44.2 Å². The van der Waals surface area contributed by atoms with Crippen molar-refractivity contribution >= 4 is 0 Å². The van der Waals surface area contributed by atoms with Crippen LogP contribution in [0.25, 0.3) is 0 Å². The summed E-state index contributed by atoms with van der Waals surface area (Å²) in [6.07, 6.45) is 7.71. The van der Waals surface area contributed by atoms with Gasteiger partial charge in [0.15, 0.2) is 0 Å². The fourth-order valence-electron chi connectivity index (χ4n) is 3.75. The minimum Gasteiger partial charge on any atom is -0.310 e. The van der Waals surface area contributed by atoms with E-state index in [1.807, 2.05) is 16.9 Å². The third-order valence-electron chi connectivity index (χ3n) is 5.39. The second kappa shape index (κ2) is 9.16. The maximum absolute atomic E-state index is 4.36. The van der Waals surface area contributed by atoms with E-state index in [0.717, 1.165) is 19.5 Å². The fraction of sp³-hybridized carbons (Fsp3) is 0.571. The van der Waals surface area contributed by atoms with Crippen molar-refractivity contribution in [2.75, 3.05) is 19.6 Å². The van der Waals surface area contributed by atoms with Gasteiger partial charge in [-0.2, -0.15) is 5.10 Å². The van der Waals surface area contributed by atoms with Gasteiger partial charge in [0.2, 0.25) is 0 Å². The molecule has 1 saturated heterocycles. The Morgan fingerprint density at radius 1 is 1.20 bits per heavy atom. The number of hydrogen-bond acceptors (Lipinski definition) is 3.